The summed E-state index contributed by atoms with van der Waals surface area (Å²) in [5.74, 6) is -0.106. The molecule has 0 bridgehead atoms. The predicted molar refractivity (Wildman–Crippen MR) is 77.4 cm³/mol. The van der Waals surface area contributed by atoms with E-state index in [-0.39, 0.29) is 5.91 Å². The van der Waals surface area contributed by atoms with Gasteiger partial charge in [-0.3, -0.25) is 9.59 Å². The van der Waals surface area contributed by atoms with Crippen LogP contribution in [-0.4, -0.2) is 12.2 Å². The Kier molecular flexibility index (Phi) is 3.38. The topological polar surface area (TPSA) is 46.2 Å². The fourth-order valence-corrected chi connectivity index (χ4v) is 1.77. The molecule has 3 heteroatoms. The number of anilines is 1. The summed E-state index contributed by atoms with van der Waals surface area (Å²) in [6.45, 7) is 5.51. The third kappa shape index (κ3) is 2.81. The van der Waals surface area contributed by atoms with E-state index in [0.717, 1.165) is 17.1 Å². The van der Waals surface area contributed by atoms with E-state index in [1.54, 1.807) is 6.07 Å². The standard InChI is InChI=1S/C16H17NO2/c1-16(2,3)15(19)17-14-9-12-7-5-4-6-11(12)8-13(14)10-18/h4-10H,1-3H3,(H,17,19). The average Bonchev–Trinajstić information content (AvgIpc) is 2.36. The van der Waals surface area contributed by atoms with Crippen LogP contribution < -0.4 is 5.32 Å². The Hall–Kier alpha value is -2.16. The first kappa shape index (κ1) is 13.3. The van der Waals surface area contributed by atoms with Crippen LogP contribution >= 0.6 is 0 Å². The second-order valence-corrected chi connectivity index (χ2v) is 5.61. The summed E-state index contributed by atoms with van der Waals surface area (Å²) in [4.78, 5) is 23.2. The molecule has 1 amide bonds. The maximum atomic E-state index is 12.0. The Bertz CT molecular complexity index is 639. The number of benzene rings is 2. The normalized spacial score (nSPS) is 11.3. The van der Waals surface area contributed by atoms with Crippen LogP contribution in [0.4, 0.5) is 5.69 Å². The third-order valence-electron chi connectivity index (χ3n) is 2.97. The maximum Gasteiger partial charge on any atom is 0.229 e. The van der Waals surface area contributed by atoms with Crippen LogP contribution in [0.2, 0.25) is 0 Å². The number of aldehydes is 1. The summed E-state index contributed by atoms with van der Waals surface area (Å²) in [5, 5.41) is 4.81. The quantitative estimate of drug-likeness (QED) is 0.833. The molecular weight excluding hydrogens is 238 g/mol. The zero-order chi connectivity index (χ0) is 14.0. The summed E-state index contributed by atoms with van der Waals surface area (Å²) < 4.78 is 0. The van der Waals surface area contributed by atoms with Crippen molar-refractivity contribution in [2.45, 2.75) is 20.8 Å². The molecule has 0 heterocycles. The van der Waals surface area contributed by atoms with Gasteiger partial charge in [-0.15, -0.1) is 0 Å². The lowest BCUT2D eigenvalue weighted by Crippen LogP contribution is -2.28. The summed E-state index contributed by atoms with van der Waals surface area (Å²) in [7, 11) is 0. The molecule has 2 rings (SSSR count). The first-order valence-electron chi connectivity index (χ1n) is 6.21. The zero-order valence-electron chi connectivity index (χ0n) is 11.4. The molecule has 0 atom stereocenters. The highest BCUT2D eigenvalue weighted by molar-refractivity contribution is 6.02. The highest BCUT2D eigenvalue weighted by Gasteiger charge is 2.22. The molecule has 2 aromatic carbocycles. The van der Waals surface area contributed by atoms with E-state index in [9.17, 15) is 9.59 Å². The van der Waals surface area contributed by atoms with Crippen LogP contribution in [0.5, 0.6) is 0 Å². The molecule has 0 unspecified atom stereocenters. The molecule has 0 fully saturated rings. The summed E-state index contributed by atoms with van der Waals surface area (Å²) in [6.07, 6.45) is 0.769. The van der Waals surface area contributed by atoms with Crippen LogP contribution in [0.1, 0.15) is 31.1 Å². The van der Waals surface area contributed by atoms with Crippen LogP contribution in [0, 0.1) is 5.41 Å². The number of fused-ring (bicyclic) bond motifs is 1. The SMILES string of the molecule is CC(C)(C)C(=O)Nc1cc2ccccc2cc1C=O. The number of amides is 1. The Morgan fingerprint density at radius 2 is 1.68 bits per heavy atom. The van der Waals surface area contributed by atoms with Gasteiger partial charge in [-0.25, -0.2) is 0 Å². The molecule has 0 aliphatic carbocycles. The lowest BCUT2D eigenvalue weighted by Gasteiger charge is -2.18. The number of carbonyl (C=O) groups is 2. The molecule has 0 spiro atoms. The van der Waals surface area contributed by atoms with Gasteiger partial charge in [0.15, 0.2) is 6.29 Å². The number of rotatable bonds is 2. The Morgan fingerprint density at radius 1 is 1.11 bits per heavy atom. The number of nitrogens with one attached hydrogen (secondary N) is 1. The summed E-state index contributed by atoms with van der Waals surface area (Å²) >= 11 is 0. The van der Waals surface area contributed by atoms with E-state index >= 15 is 0 Å². The monoisotopic (exact) mass is 255 g/mol. The molecule has 19 heavy (non-hydrogen) atoms. The van der Waals surface area contributed by atoms with E-state index < -0.39 is 5.41 Å². The van der Waals surface area contributed by atoms with Crippen LogP contribution in [-0.2, 0) is 4.79 Å². The van der Waals surface area contributed by atoms with Crippen molar-refractivity contribution in [1.29, 1.82) is 0 Å². The highest BCUT2D eigenvalue weighted by Crippen LogP contribution is 2.25. The zero-order valence-corrected chi connectivity index (χ0v) is 11.4. The van der Waals surface area contributed by atoms with Crippen LogP contribution in [0.3, 0.4) is 0 Å². The van der Waals surface area contributed by atoms with Gasteiger partial charge in [0.25, 0.3) is 0 Å². The van der Waals surface area contributed by atoms with Crippen LogP contribution in [0.25, 0.3) is 10.8 Å². The maximum absolute atomic E-state index is 12.0. The van der Waals surface area contributed by atoms with Gasteiger partial charge in [0.1, 0.15) is 0 Å². The van der Waals surface area contributed by atoms with Crippen molar-refractivity contribution >= 4 is 28.7 Å². The highest BCUT2D eigenvalue weighted by atomic mass is 16.2. The first-order valence-corrected chi connectivity index (χ1v) is 6.21. The van der Waals surface area contributed by atoms with Crippen molar-refractivity contribution in [2.75, 3.05) is 5.32 Å². The van der Waals surface area contributed by atoms with Crippen molar-refractivity contribution in [2.24, 2.45) is 5.41 Å². The Morgan fingerprint density at radius 3 is 2.21 bits per heavy atom. The molecular formula is C16H17NO2. The van der Waals surface area contributed by atoms with Crippen molar-refractivity contribution in [3.63, 3.8) is 0 Å². The molecule has 0 saturated carbocycles. The molecule has 0 aromatic heterocycles. The van der Waals surface area contributed by atoms with Crippen molar-refractivity contribution in [1.82, 2.24) is 0 Å². The molecule has 1 N–H and O–H groups in total. The van der Waals surface area contributed by atoms with Gasteiger partial charge < -0.3 is 5.32 Å². The third-order valence-corrected chi connectivity index (χ3v) is 2.97. The molecule has 0 aliphatic rings. The minimum absolute atomic E-state index is 0.106. The largest absolute Gasteiger partial charge is 0.325 e. The summed E-state index contributed by atoms with van der Waals surface area (Å²) in [6, 6.07) is 11.4. The Labute approximate surface area is 112 Å². The minimum Gasteiger partial charge on any atom is -0.325 e. The fourth-order valence-electron chi connectivity index (χ4n) is 1.77. The second kappa shape index (κ2) is 4.84. The van der Waals surface area contributed by atoms with Crippen LogP contribution in [0.15, 0.2) is 36.4 Å². The van der Waals surface area contributed by atoms with E-state index in [0.29, 0.717) is 11.3 Å². The van der Waals surface area contributed by atoms with Gasteiger partial charge in [-0.05, 0) is 22.9 Å². The number of hydrogen-bond donors (Lipinski definition) is 1. The van der Waals surface area contributed by atoms with Gasteiger partial charge in [0.05, 0.1) is 5.69 Å². The smallest absolute Gasteiger partial charge is 0.229 e. The van der Waals surface area contributed by atoms with E-state index in [1.807, 2.05) is 51.1 Å². The van der Waals surface area contributed by atoms with Gasteiger partial charge in [0, 0.05) is 11.0 Å². The molecule has 3 nitrogen and oxygen atoms in total. The lowest BCUT2D eigenvalue weighted by molar-refractivity contribution is -0.123. The fraction of sp³-hybridized carbons (Fsp3) is 0.250. The lowest BCUT2D eigenvalue weighted by atomic mass is 9.95. The van der Waals surface area contributed by atoms with Crippen molar-refractivity contribution < 1.29 is 9.59 Å². The molecule has 0 radical (unpaired) electrons. The van der Waals surface area contributed by atoms with Gasteiger partial charge in [-0.2, -0.15) is 0 Å². The van der Waals surface area contributed by atoms with Gasteiger partial charge >= 0.3 is 0 Å². The minimum atomic E-state index is -0.494. The van der Waals surface area contributed by atoms with E-state index in [4.69, 9.17) is 0 Å². The molecule has 2 aromatic rings. The molecule has 98 valence electrons. The molecule has 0 saturated heterocycles. The average molecular weight is 255 g/mol. The predicted octanol–water partition coefficient (Wildman–Crippen LogP) is 3.64. The second-order valence-electron chi connectivity index (χ2n) is 5.61. The van der Waals surface area contributed by atoms with E-state index in [1.165, 1.54) is 0 Å². The Balaban J connectivity index is 2.47. The van der Waals surface area contributed by atoms with Crippen molar-refractivity contribution in [3.8, 4) is 0 Å². The molecule has 0 aliphatic heterocycles. The number of carbonyl (C=O) groups excluding carboxylic acids is 2. The number of hydrogen-bond acceptors (Lipinski definition) is 2. The first-order chi connectivity index (χ1) is 8.91. The van der Waals surface area contributed by atoms with Gasteiger partial charge in [0.2, 0.25) is 5.91 Å². The van der Waals surface area contributed by atoms with Crippen molar-refractivity contribution in [3.05, 3.63) is 42.0 Å². The van der Waals surface area contributed by atoms with E-state index in [2.05, 4.69) is 5.32 Å². The van der Waals surface area contributed by atoms with Gasteiger partial charge in [-0.1, -0.05) is 45.0 Å². The summed E-state index contributed by atoms with van der Waals surface area (Å²) in [5.41, 5.74) is 0.566.